The molecule has 0 saturated carbocycles. The first-order chi connectivity index (χ1) is 24.8. The third-order valence-corrected chi connectivity index (χ3v) is 12.3. The Kier molecular flexibility index (Phi) is 7.04. The van der Waals surface area contributed by atoms with E-state index in [0.717, 1.165) is 29.9 Å². The largest absolute Gasteiger partial charge is 0.311 e. The molecule has 0 atom stereocenters. The van der Waals surface area contributed by atoms with Crippen LogP contribution in [0, 0.1) is 0 Å². The molecule has 1 aliphatic carbocycles. The first-order valence-corrected chi connectivity index (χ1v) is 18.8. The van der Waals surface area contributed by atoms with Crippen LogP contribution in [0.2, 0.25) is 0 Å². The molecule has 0 unspecified atom stereocenters. The maximum absolute atomic E-state index is 2.50. The van der Waals surface area contributed by atoms with E-state index in [0.29, 0.717) is 0 Å². The minimum atomic E-state index is 1.12. The number of aromatic nitrogens is 1. The smallest absolute Gasteiger partial charge is 0.0736 e. The van der Waals surface area contributed by atoms with Crippen molar-refractivity contribution < 1.29 is 0 Å². The predicted octanol–water partition coefficient (Wildman–Crippen LogP) is 14.1. The Labute approximate surface area is 299 Å². The number of hydrogen-bond acceptors (Lipinski definition) is 3. The highest BCUT2D eigenvalue weighted by atomic mass is 32.1. The number of hydrogen-bond donors (Lipinski definition) is 0. The molecule has 0 aliphatic heterocycles. The van der Waals surface area contributed by atoms with Gasteiger partial charge in [-0.25, -0.2) is 0 Å². The van der Waals surface area contributed by atoms with Crippen LogP contribution in [0.1, 0.15) is 18.4 Å². The lowest BCUT2D eigenvalue weighted by atomic mass is 9.97. The molecule has 10 rings (SSSR count). The normalized spacial score (nSPS) is 13.1. The molecule has 0 N–H and O–H groups in total. The maximum atomic E-state index is 2.50. The van der Waals surface area contributed by atoms with Crippen LogP contribution in [0.3, 0.4) is 0 Å². The molecule has 1 aliphatic rings. The molecule has 0 spiro atoms. The Bertz CT molecular complexity index is 2640. The van der Waals surface area contributed by atoms with Crippen molar-refractivity contribution in [3.8, 4) is 16.8 Å². The Morgan fingerprint density at radius 3 is 1.54 bits per heavy atom. The van der Waals surface area contributed by atoms with Crippen molar-refractivity contribution in [1.82, 2.24) is 4.57 Å². The van der Waals surface area contributed by atoms with Crippen molar-refractivity contribution in [2.24, 2.45) is 0 Å². The summed E-state index contributed by atoms with van der Waals surface area (Å²) < 4.78 is 7.90. The molecule has 50 heavy (non-hydrogen) atoms. The van der Waals surface area contributed by atoms with Crippen LogP contribution in [0.15, 0.2) is 170 Å². The summed E-state index contributed by atoms with van der Waals surface area (Å²) in [6, 6.07) is 55.4. The van der Waals surface area contributed by atoms with Gasteiger partial charge in [-0.3, -0.25) is 0 Å². The fourth-order valence-corrected chi connectivity index (χ4v) is 9.95. The fraction of sp³-hybridized carbons (Fsp3) is 0.0435. The fourth-order valence-electron chi connectivity index (χ4n) is 7.45. The van der Waals surface area contributed by atoms with Gasteiger partial charge >= 0.3 is 0 Å². The molecule has 9 aromatic rings. The molecular formula is C46H32N2S2. The van der Waals surface area contributed by atoms with Crippen LogP contribution in [-0.4, -0.2) is 4.57 Å². The van der Waals surface area contributed by atoms with Gasteiger partial charge in [0.05, 0.1) is 20.4 Å². The van der Waals surface area contributed by atoms with Gasteiger partial charge in [0, 0.05) is 42.9 Å². The summed E-state index contributed by atoms with van der Waals surface area (Å²) in [7, 11) is 0. The molecule has 3 heterocycles. The Balaban J connectivity index is 1.05. The summed E-state index contributed by atoms with van der Waals surface area (Å²) in [6.45, 7) is 0. The lowest BCUT2D eigenvalue weighted by Crippen LogP contribution is -2.10. The van der Waals surface area contributed by atoms with Crippen molar-refractivity contribution in [1.29, 1.82) is 0 Å². The third kappa shape index (κ3) is 4.83. The van der Waals surface area contributed by atoms with E-state index >= 15 is 0 Å². The van der Waals surface area contributed by atoms with Crippen molar-refractivity contribution in [3.05, 3.63) is 175 Å². The molecule has 4 heteroatoms. The van der Waals surface area contributed by atoms with Gasteiger partial charge in [-0.05, 0) is 95.8 Å². The van der Waals surface area contributed by atoms with Crippen LogP contribution in [0.5, 0.6) is 0 Å². The molecule has 2 nitrogen and oxygen atoms in total. The average Bonchev–Trinajstić information content (AvgIpc) is 3.85. The van der Waals surface area contributed by atoms with E-state index in [-0.39, 0.29) is 0 Å². The van der Waals surface area contributed by atoms with Crippen molar-refractivity contribution in [2.75, 3.05) is 4.90 Å². The summed E-state index contributed by atoms with van der Waals surface area (Å²) in [5.74, 6) is 0. The van der Waals surface area contributed by atoms with E-state index in [1.807, 2.05) is 22.7 Å². The zero-order chi connectivity index (χ0) is 33.0. The first kappa shape index (κ1) is 29.3. The SMILES string of the molecule is C1=CC(c2ccc(-c3ccc(N(c4ccccc4)c4ccc(-n5c6c7ccccc7sc6c6sc7ccccc7c65)cc4)cc3)cc2)=CCC1. The highest BCUT2D eigenvalue weighted by Gasteiger charge is 2.22. The molecule has 3 aromatic heterocycles. The number of nitrogens with zero attached hydrogens (tertiary/aromatic N) is 2. The first-order valence-electron chi connectivity index (χ1n) is 17.2. The number of rotatable bonds is 6. The number of thiophene rings is 2. The minimum absolute atomic E-state index is 1.12. The van der Waals surface area contributed by atoms with Crippen LogP contribution in [0.4, 0.5) is 17.1 Å². The van der Waals surface area contributed by atoms with Gasteiger partial charge < -0.3 is 9.47 Å². The second-order valence-corrected chi connectivity index (χ2v) is 14.9. The van der Waals surface area contributed by atoms with Crippen LogP contribution < -0.4 is 4.90 Å². The third-order valence-electron chi connectivity index (χ3n) is 9.84. The highest BCUT2D eigenvalue weighted by Crippen LogP contribution is 2.48. The summed E-state index contributed by atoms with van der Waals surface area (Å²) in [4.78, 5) is 2.35. The van der Waals surface area contributed by atoms with Gasteiger partial charge in [0.2, 0.25) is 0 Å². The summed E-state index contributed by atoms with van der Waals surface area (Å²) >= 11 is 3.81. The zero-order valence-corrected chi connectivity index (χ0v) is 28.9. The summed E-state index contributed by atoms with van der Waals surface area (Å²) in [5.41, 5.74) is 12.2. The Morgan fingerprint density at radius 2 is 0.960 bits per heavy atom. The topological polar surface area (TPSA) is 8.17 Å². The van der Waals surface area contributed by atoms with Crippen LogP contribution in [0.25, 0.3) is 63.0 Å². The number of para-hydroxylation sites is 1. The molecule has 6 aromatic carbocycles. The van der Waals surface area contributed by atoms with Crippen LogP contribution >= 0.6 is 22.7 Å². The number of fused-ring (bicyclic) bond motifs is 7. The van der Waals surface area contributed by atoms with Crippen LogP contribution in [-0.2, 0) is 0 Å². The lowest BCUT2D eigenvalue weighted by molar-refractivity contribution is 1.04. The van der Waals surface area contributed by atoms with E-state index in [2.05, 4.69) is 179 Å². The van der Waals surface area contributed by atoms with Gasteiger partial charge in [-0.1, -0.05) is 109 Å². The van der Waals surface area contributed by atoms with Gasteiger partial charge in [0.15, 0.2) is 0 Å². The minimum Gasteiger partial charge on any atom is -0.311 e. The van der Waals surface area contributed by atoms with Gasteiger partial charge in [0.25, 0.3) is 0 Å². The van der Waals surface area contributed by atoms with E-state index in [1.54, 1.807) is 0 Å². The quantitative estimate of drug-likeness (QED) is 0.170. The predicted molar refractivity (Wildman–Crippen MR) is 218 cm³/mol. The monoisotopic (exact) mass is 676 g/mol. The van der Waals surface area contributed by atoms with Gasteiger partial charge in [-0.2, -0.15) is 0 Å². The Hall–Kier alpha value is -5.68. The van der Waals surface area contributed by atoms with E-state index < -0.39 is 0 Å². The van der Waals surface area contributed by atoms with Gasteiger partial charge in [-0.15, -0.1) is 22.7 Å². The molecule has 0 amide bonds. The molecule has 0 bridgehead atoms. The average molecular weight is 677 g/mol. The van der Waals surface area contributed by atoms with Crippen molar-refractivity contribution in [2.45, 2.75) is 12.8 Å². The molecule has 238 valence electrons. The zero-order valence-electron chi connectivity index (χ0n) is 27.3. The lowest BCUT2D eigenvalue weighted by Gasteiger charge is -2.26. The molecular weight excluding hydrogens is 645 g/mol. The number of benzene rings is 6. The van der Waals surface area contributed by atoms with Gasteiger partial charge in [0.1, 0.15) is 0 Å². The van der Waals surface area contributed by atoms with E-state index in [1.165, 1.54) is 68.6 Å². The summed E-state index contributed by atoms with van der Waals surface area (Å²) in [6.07, 6.45) is 9.10. The standard InChI is InChI=1S/C46H32N2S2/c1-3-11-31(12-4-1)32-19-21-33(22-20-32)34-23-25-36(26-24-34)47(35-13-5-2-6-14-35)37-27-29-38(30-28-37)48-43-39-15-7-9-17-41(39)49-45(43)46-44(48)40-16-8-10-18-42(40)50-46/h2-3,5-30H,1,4H2. The molecule has 0 saturated heterocycles. The second-order valence-electron chi connectivity index (χ2n) is 12.8. The molecule has 0 fully saturated rings. The maximum Gasteiger partial charge on any atom is 0.0736 e. The second kappa shape index (κ2) is 12.0. The highest BCUT2D eigenvalue weighted by molar-refractivity contribution is 7.33. The van der Waals surface area contributed by atoms with E-state index in [4.69, 9.17) is 0 Å². The Morgan fingerprint density at radius 1 is 0.460 bits per heavy atom. The number of allylic oxidation sites excluding steroid dienone is 4. The number of anilines is 3. The summed E-state index contributed by atoms with van der Waals surface area (Å²) in [5, 5.41) is 2.63. The van der Waals surface area contributed by atoms with E-state index in [9.17, 15) is 0 Å². The van der Waals surface area contributed by atoms with Crippen molar-refractivity contribution in [3.63, 3.8) is 0 Å². The van der Waals surface area contributed by atoms with Crippen molar-refractivity contribution >= 4 is 85.9 Å². The molecule has 0 radical (unpaired) electrons.